The Bertz CT molecular complexity index is 537. The number of hydrogen-bond donors (Lipinski definition) is 0. The van der Waals surface area contributed by atoms with Crippen molar-refractivity contribution < 1.29 is 18.0 Å². The summed E-state index contributed by atoms with van der Waals surface area (Å²) in [5.74, 6) is 0.148. The van der Waals surface area contributed by atoms with Gasteiger partial charge >= 0.3 is 0 Å². The lowest BCUT2D eigenvalue weighted by molar-refractivity contribution is 0.109. The Morgan fingerprint density at radius 3 is 2.76 bits per heavy atom. The van der Waals surface area contributed by atoms with Gasteiger partial charge in [-0.2, -0.15) is 0 Å². The van der Waals surface area contributed by atoms with Crippen LogP contribution in [0.25, 0.3) is 0 Å². The smallest absolute Gasteiger partial charge is 0.185 e. The molecule has 1 heterocycles. The first kappa shape index (κ1) is 11.9. The van der Waals surface area contributed by atoms with Crippen LogP contribution in [0.4, 0.5) is 8.78 Å². The quantitative estimate of drug-likeness (QED) is 0.616. The molecule has 0 N–H and O–H groups in total. The Morgan fingerprint density at radius 2 is 2.06 bits per heavy atom. The van der Waals surface area contributed by atoms with Crippen molar-refractivity contribution in [2.24, 2.45) is 0 Å². The third-order valence-electron chi connectivity index (χ3n) is 2.06. The van der Waals surface area contributed by atoms with Crippen LogP contribution in [0.3, 0.4) is 0 Å². The van der Waals surface area contributed by atoms with E-state index >= 15 is 0 Å². The number of benzene rings is 1. The minimum atomic E-state index is -0.484. The van der Waals surface area contributed by atoms with Gasteiger partial charge in [-0.1, -0.05) is 0 Å². The second kappa shape index (κ2) is 5.14. The Hall–Kier alpha value is -1.62. The van der Waals surface area contributed by atoms with E-state index in [1.165, 1.54) is 6.07 Å². The minimum Gasteiger partial charge on any atom is -0.457 e. The number of hydrogen-bond acceptors (Lipinski definition) is 3. The van der Waals surface area contributed by atoms with Crippen molar-refractivity contribution >= 4 is 18.0 Å². The van der Waals surface area contributed by atoms with E-state index in [0.717, 1.165) is 30.0 Å². The van der Waals surface area contributed by atoms with E-state index in [2.05, 4.69) is 0 Å². The van der Waals surface area contributed by atoms with Gasteiger partial charge in [0.05, 0.1) is 5.75 Å². The van der Waals surface area contributed by atoms with Crippen LogP contribution < -0.4 is 0 Å². The van der Waals surface area contributed by atoms with E-state index in [1.54, 1.807) is 6.07 Å². The molecular formula is C12H8F2O2S. The number of thioether (sulfide) groups is 1. The topological polar surface area (TPSA) is 30.2 Å². The lowest BCUT2D eigenvalue weighted by Crippen LogP contribution is -1.84. The molecule has 0 spiro atoms. The van der Waals surface area contributed by atoms with Gasteiger partial charge in [0.1, 0.15) is 17.4 Å². The lowest BCUT2D eigenvalue weighted by atomic mass is 10.3. The van der Waals surface area contributed by atoms with Crippen molar-refractivity contribution in [2.45, 2.75) is 10.6 Å². The molecule has 0 bridgehead atoms. The predicted octanol–water partition coefficient (Wildman–Crippen LogP) is 3.66. The molecule has 0 radical (unpaired) electrons. The standard InChI is InChI=1S/C12H8F2O2S/c13-8-1-4-11(14)12(5-8)17-7-10-3-2-9(6-15)16-10/h1-6H,7H2. The number of rotatable bonds is 4. The van der Waals surface area contributed by atoms with Gasteiger partial charge < -0.3 is 4.42 Å². The first-order valence-electron chi connectivity index (χ1n) is 4.81. The maximum atomic E-state index is 13.3. The average Bonchev–Trinajstić information content (AvgIpc) is 2.78. The van der Waals surface area contributed by atoms with E-state index < -0.39 is 11.6 Å². The summed E-state index contributed by atoms with van der Waals surface area (Å²) in [7, 11) is 0. The van der Waals surface area contributed by atoms with Crippen molar-refractivity contribution in [1.82, 2.24) is 0 Å². The molecule has 88 valence electrons. The molecule has 0 aliphatic heterocycles. The highest BCUT2D eigenvalue weighted by Gasteiger charge is 2.07. The molecule has 2 nitrogen and oxygen atoms in total. The maximum Gasteiger partial charge on any atom is 0.185 e. The molecular weight excluding hydrogens is 246 g/mol. The molecule has 5 heteroatoms. The van der Waals surface area contributed by atoms with Crippen molar-refractivity contribution in [3.05, 3.63) is 53.5 Å². The third-order valence-corrected chi connectivity index (χ3v) is 3.11. The molecule has 0 amide bonds. The van der Waals surface area contributed by atoms with Gasteiger partial charge in [-0.3, -0.25) is 4.79 Å². The number of furan rings is 1. The molecule has 2 aromatic rings. The van der Waals surface area contributed by atoms with Crippen LogP contribution in [0.1, 0.15) is 16.3 Å². The largest absolute Gasteiger partial charge is 0.457 e. The fourth-order valence-electron chi connectivity index (χ4n) is 1.27. The van der Waals surface area contributed by atoms with Gasteiger partial charge in [0.2, 0.25) is 0 Å². The van der Waals surface area contributed by atoms with Gasteiger partial charge in [0.15, 0.2) is 12.0 Å². The van der Waals surface area contributed by atoms with Gasteiger partial charge in [0.25, 0.3) is 0 Å². The fraction of sp³-hybridized carbons (Fsp3) is 0.0833. The predicted molar refractivity (Wildman–Crippen MR) is 60.0 cm³/mol. The molecule has 0 atom stereocenters. The molecule has 1 aromatic heterocycles. The Labute approximate surface area is 101 Å². The zero-order valence-corrected chi connectivity index (χ0v) is 9.47. The van der Waals surface area contributed by atoms with Crippen molar-refractivity contribution in [3.63, 3.8) is 0 Å². The maximum absolute atomic E-state index is 13.3. The summed E-state index contributed by atoms with van der Waals surface area (Å²) < 4.78 is 31.3. The molecule has 0 fully saturated rings. The summed E-state index contributed by atoms with van der Waals surface area (Å²) in [4.78, 5) is 10.6. The highest BCUT2D eigenvalue weighted by atomic mass is 32.2. The molecule has 0 aliphatic rings. The summed E-state index contributed by atoms with van der Waals surface area (Å²) in [5, 5.41) is 0. The zero-order chi connectivity index (χ0) is 12.3. The van der Waals surface area contributed by atoms with Crippen molar-refractivity contribution in [2.75, 3.05) is 0 Å². The van der Waals surface area contributed by atoms with Gasteiger partial charge in [-0.05, 0) is 30.3 Å². The number of aldehydes is 1. The number of carbonyl (C=O) groups is 1. The van der Waals surface area contributed by atoms with E-state index in [1.807, 2.05) is 0 Å². The first-order valence-corrected chi connectivity index (χ1v) is 5.79. The van der Waals surface area contributed by atoms with Crippen LogP contribution >= 0.6 is 11.8 Å². The molecule has 0 unspecified atom stereocenters. The molecule has 0 saturated heterocycles. The third kappa shape index (κ3) is 2.94. The summed E-state index contributed by atoms with van der Waals surface area (Å²) in [5.41, 5.74) is 0. The Kier molecular flexibility index (Phi) is 3.58. The fourth-order valence-corrected chi connectivity index (χ4v) is 2.13. The molecule has 1 aromatic carbocycles. The zero-order valence-electron chi connectivity index (χ0n) is 8.65. The van der Waals surface area contributed by atoms with Gasteiger partial charge in [-0.25, -0.2) is 8.78 Å². The van der Waals surface area contributed by atoms with E-state index in [9.17, 15) is 13.6 Å². The monoisotopic (exact) mass is 254 g/mol. The Balaban J connectivity index is 2.06. The summed E-state index contributed by atoms with van der Waals surface area (Å²) in [6.45, 7) is 0. The van der Waals surface area contributed by atoms with Crippen LogP contribution in [0.2, 0.25) is 0 Å². The van der Waals surface area contributed by atoms with Crippen LogP contribution in [0, 0.1) is 11.6 Å². The Morgan fingerprint density at radius 1 is 1.24 bits per heavy atom. The summed E-state index contributed by atoms with van der Waals surface area (Å²) >= 11 is 1.11. The normalized spacial score (nSPS) is 10.5. The van der Waals surface area contributed by atoms with E-state index in [4.69, 9.17) is 4.42 Å². The molecule has 0 saturated carbocycles. The molecule has 2 rings (SSSR count). The highest BCUT2D eigenvalue weighted by molar-refractivity contribution is 7.98. The lowest BCUT2D eigenvalue weighted by Gasteiger charge is -2.01. The van der Waals surface area contributed by atoms with E-state index in [-0.39, 0.29) is 10.7 Å². The average molecular weight is 254 g/mol. The molecule has 0 aliphatic carbocycles. The van der Waals surface area contributed by atoms with Crippen molar-refractivity contribution in [1.29, 1.82) is 0 Å². The van der Waals surface area contributed by atoms with Gasteiger partial charge in [-0.15, -0.1) is 11.8 Å². The molecule has 17 heavy (non-hydrogen) atoms. The van der Waals surface area contributed by atoms with Crippen LogP contribution in [-0.2, 0) is 5.75 Å². The van der Waals surface area contributed by atoms with Gasteiger partial charge in [0, 0.05) is 4.90 Å². The minimum absolute atomic E-state index is 0.217. The highest BCUT2D eigenvalue weighted by Crippen LogP contribution is 2.26. The SMILES string of the molecule is O=Cc1ccc(CSc2cc(F)ccc2F)o1. The van der Waals surface area contributed by atoms with Crippen LogP contribution in [0.5, 0.6) is 0 Å². The van der Waals surface area contributed by atoms with Crippen molar-refractivity contribution in [3.8, 4) is 0 Å². The second-order valence-corrected chi connectivity index (χ2v) is 4.30. The summed E-state index contributed by atoms with van der Waals surface area (Å²) in [6.07, 6.45) is 0.594. The number of halogens is 2. The first-order chi connectivity index (χ1) is 8.19. The second-order valence-electron chi connectivity index (χ2n) is 3.29. The summed E-state index contributed by atoms with van der Waals surface area (Å²) in [6, 6.07) is 6.44. The van der Waals surface area contributed by atoms with Crippen LogP contribution in [0.15, 0.2) is 39.6 Å². The number of carbonyl (C=O) groups excluding carboxylic acids is 1. The van der Waals surface area contributed by atoms with E-state index in [0.29, 0.717) is 17.8 Å². The van der Waals surface area contributed by atoms with Crippen LogP contribution in [-0.4, -0.2) is 6.29 Å².